The summed E-state index contributed by atoms with van der Waals surface area (Å²) in [4.78, 5) is 28.5. The first-order valence-electron chi connectivity index (χ1n) is 6.86. The molecule has 7 heteroatoms. The third kappa shape index (κ3) is 3.19. The number of amides is 1. The van der Waals surface area contributed by atoms with Gasteiger partial charge in [0.2, 0.25) is 5.91 Å². The lowest BCUT2D eigenvalue weighted by Gasteiger charge is -2.11. The molecule has 1 aromatic carbocycles. The highest BCUT2D eigenvalue weighted by Gasteiger charge is 2.12. The average molecular weight is 305 g/mol. The molecular weight excluding hydrogens is 286 g/mol. The van der Waals surface area contributed by atoms with Crippen LogP contribution < -0.4 is 20.3 Å². The van der Waals surface area contributed by atoms with Crippen molar-refractivity contribution < 1.29 is 14.3 Å². The smallest absolute Gasteiger partial charge is 0.261 e. The van der Waals surface area contributed by atoms with Crippen LogP contribution in [0.2, 0.25) is 0 Å². The molecule has 1 amide bonds. The Kier molecular flexibility index (Phi) is 4.65. The molecule has 0 fully saturated rings. The molecule has 1 heterocycles. The first-order chi connectivity index (χ1) is 10.5. The van der Waals surface area contributed by atoms with Crippen molar-refractivity contribution >= 4 is 16.8 Å². The molecule has 7 nitrogen and oxygen atoms in total. The van der Waals surface area contributed by atoms with Gasteiger partial charge < -0.3 is 14.8 Å². The maximum Gasteiger partial charge on any atom is 0.261 e. The molecule has 0 saturated carbocycles. The highest BCUT2D eigenvalue weighted by molar-refractivity contribution is 5.82. The van der Waals surface area contributed by atoms with Gasteiger partial charge in [0, 0.05) is 12.1 Å². The second-order valence-electron chi connectivity index (χ2n) is 5.12. The van der Waals surface area contributed by atoms with Crippen LogP contribution in [0, 0.1) is 0 Å². The second-order valence-corrected chi connectivity index (χ2v) is 5.12. The zero-order chi connectivity index (χ0) is 16.3. The van der Waals surface area contributed by atoms with Gasteiger partial charge >= 0.3 is 0 Å². The van der Waals surface area contributed by atoms with Gasteiger partial charge in [-0.1, -0.05) is 0 Å². The molecule has 1 N–H and O–H groups in total. The Morgan fingerprint density at radius 2 is 1.91 bits per heavy atom. The highest BCUT2D eigenvalue weighted by atomic mass is 16.5. The maximum absolute atomic E-state index is 12.5. The molecule has 0 spiro atoms. The summed E-state index contributed by atoms with van der Waals surface area (Å²) in [7, 11) is 3.01. The number of carbonyl (C=O) groups is 1. The molecule has 1 aromatic heterocycles. The highest BCUT2D eigenvalue weighted by Crippen LogP contribution is 2.29. The van der Waals surface area contributed by atoms with Crippen LogP contribution in [0.15, 0.2) is 23.3 Å². The quantitative estimate of drug-likeness (QED) is 0.889. The van der Waals surface area contributed by atoms with Crippen LogP contribution in [-0.2, 0) is 11.3 Å². The summed E-state index contributed by atoms with van der Waals surface area (Å²) in [5.41, 5.74) is 0.188. The van der Waals surface area contributed by atoms with E-state index in [1.165, 1.54) is 25.1 Å². The summed E-state index contributed by atoms with van der Waals surface area (Å²) in [5.74, 6) is 0.703. The summed E-state index contributed by atoms with van der Waals surface area (Å²) >= 11 is 0. The lowest BCUT2D eigenvalue weighted by molar-refractivity contribution is -0.122. The summed E-state index contributed by atoms with van der Waals surface area (Å²) in [6.45, 7) is 3.64. The summed E-state index contributed by atoms with van der Waals surface area (Å²) in [6.07, 6.45) is 1.36. The van der Waals surface area contributed by atoms with E-state index in [2.05, 4.69) is 10.3 Å². The van der Waals surface area contributed by atoms with Crippen LogP contribution in [0.4, 0.5) is 0 Å². The molecule has 0 aliphatic carbocycles. The zero-order valence-corrected chi connectivity index (χ0v) is 13.0. The monoisotopic (exact) mass is 305 g/mol. The molecule has 2 aromatic rings. The molecule has 0 unspecified atom stereocenters. The zero-order valence-electron chi connectivity index (χ0n) is 13.0. The number of rotatable bonds is 5. The minimum atomic E-state index is -0.301. The van der Waals surface area contributed by atoms with Crippen molar-refractivity contribution in [2.75, 3.05) is 14.2 Å². The lowest BCUT2D eigenvalue weighted by atomic mass is 10.2. The number of fused-ring (bicyclic) bond motifs is 1. The van der Waals surface area contributed by atoms with Crippen molar-refractivity contribution in [2.45, 2.75) is 26.4 Å². The van der Waals surface area contributed by atoms with E-state index in [9.17, 15) is 9.59 Å². The van der Waals surface area contributed by atoms with Gasteiger partial charge in [0.1, 0.15) is 6.54 Å². The molecular formula is C15H19N3O4. The fraction of sp³-hybridized carbons (Fsp3) is 0.400. The molecule has 0 bridgehead atoms. The summed E-state index contributed by atoms with van der Waals surface area (Å²) < 4.78 is 11.6. The van der Waals surface area contributed by atoms with Gasteiger partial charge in [-0.2, -0.15) is 0 Å². The van der Waals surface area contributed by atoms with Crippen molar-refractivity contribution in [1.29, 1.82) is 0 Å². The van der Waals surface area contributed by atoms with E-state index in [0.29, 0.717) is 22.4 Å². The third-order valence-electron chi connectivity index (χ3n) is 3.09. The Hall–Kier alpha value is -2.57. The average Bonchev–Trinajstić information content (AvgIpc) is 2.48. The van der Waals surface area contributed by atoms with Gasteiger partial charge in [0.15, 0.2) is 11.5 Å². The van der Waals surface area contributed by atoms with Crippen molar-refractivity contribution in [3.8, 4) is 11.5 Å². The van der Waals surface area contributed by atoms with Crippen molar-refractivity contribution in [2.24, 2.45) is 0 Å². The Labute approximate surface area is 127 Å². The van der Waals surface area contributed by atoms with E-state index in [0.717, 1.165) is 0 Å². The molecule has 0 atom stereocenters. The van der Waals surface area contributed by atoms with E-state index in [1.807, 2.05) is 13.8 Å². The predicted molar refractivity (Wildman–Crippen MR) is 82.4 cm³/mol. The Balaban J connectivity index is 2.45. The van der Waals surface area contributed by atoms with Crippen molar-refractivity contribution in [3.63, 3.8) is 0 Å². The Morgan fingerprint density at radius 3 is 2.50 bits per heavy atom. The topological polar surface area (TPSA) is 82.5 Å². The number of aromatic nitrogens is 2. The SMILES string of the molecule is COc1cc2ncn(CC(=O)NC(C)C)c(=O)c2cc1OC. The molecule has 118 valence electrons. The van der Waals surface area contributed by atoms with E-state index in [4.69, 9.17) is 9.47 Å². The number of methoxy groups -OCH3 is 2. The van der Waals surface area contributed by atoms with E-state index in [1.54, 1.807) is 12.1 Å². The van der Waals surface area contributed by atoms with Crippen LogP contribution in [0.1, 0.15) is 13.8 Å². The number of carbonyl (C=O) groups excluding carboxylic acids is 1. The van der Waals surface area contributed by atoms with Gasteiger partial charge in [-0.3, -0.25) is 14.2 Å². The van der Waals surface area contributed by atoms with Crippen molar-refractivity contribution in [3.05, 3.63) is 28.8 Å². The predicted octanol–water partition coefficient (Wildman–Crippen LogP) is 0.938. The molecule has 0 radical (unpaired) electrons. The Morgan fingerprint density at radius 1 is 1.27 bits per heavy atom. The second kappa shape index (κ2) is 6.46. The molecule has 0 aliphatic rings. The standard InChI is InChI=1S/C15H19N3O4/c1-9(2)17-14(19)7-18-8-16-11-6-13(22-4)12(21-3)5-10(11)15(18)20/h5-6,8-9H,7H2,1-4H3,(H,17,19). The molecule has 22 heavy (non-hydrogen) atoms. The fourth-order valence-electron chi connectivity index (χ4n) is 2.12. The number of nitrogens with zero attached hydrogens (tertiary/aromatic N) is 2. The Bertz CT molecular complexity index is 752. The van der Waals surface area contributed by atoms with Gasteiger partial charge in [-0.15, -0.1) is 0 Å². The number of benzene rings is 1. The number of hydrogen-bond donors (Lipinski definition) is 1. The van der Waals surface area contributed by atoms with E-state index < -0.39 is 0 Å². The van der Waals surface area contributed by atoms with Crippen LogP contribution in [0.3, 0.4) is 0 Å². The van der Waals surface area contributed by atoms with Crippen LogP contribution in [0.25, 0.3) is 10.9 Å². The molecule has 2 rings (SSSR count). The summed E-state index contributed by atoms with van der Waals surface area (Å²) in [6, 6.07) is 3.22. The number of nitrogens with one attached hydrogen (secondary N) is 1. The molecule has 0 aliphatic heterocycles. The van der Waals surface area contributed by atoms with Gasteiger partial charge in [0.05, 0.1) is 31.4 Å². The van der Waals surface area contributed by atoms with Crippen LogP contribution in [0.5, 0.6) is 11.5 Å². The lowest BCUT2D eigenvalue weighted by Crippen LogP contribution is -2.36. The van der Waals surface area contributed by atoms with E-state index in [-0.39, 0.29) is 24.1 Å². The van der Waals surface area contributed by atoms with Crippen molar-refractivity contribution in [1.82, 2.24) is 14.9 Å². The third-order valence-corrected chi connectivity index (χ3v) is 3.09. The largest absolute Gasteiger partial charge is 0.493 e. The number of ether oxygens (including phenoxy) is 2. The van der Waals surface area contributed by atoms with Crippen LogP contribution >= 0.6 is 0 Å². The number of hydrogen-bond acceptors (Lipinski definition) is 5. The first-order valence-corrected chi connectivity index (χ1v) is 6.86. The minimum Gasteiger partial charge on any atom is -0.493 e. The van der Waals surface area contributed by atoms with E-state index >= 15 is 0 Å². The van der Waals surface area contributed by atoms with Gasteiger partial charge in [-0.25, -0.2) is 4.98 Å². The fourth-order valence-corrected chi connectivity index (χ4v) is 2.12. The van der Waals surface area contributed by atoms with Gasteiger partial charge in [0.25, 0.3) is 5.56 Å². The molecule has 0 saturated heterocycles. The normalized spacial score (nSPS) is 10.8. The van der Waals surface area contributed by atoms with Crippen LogP contribution in [-0.4, -0.2) is 35.7 Å². The summed E-state index contributed by atoms with van der Waals surface area (Å²) in [5, 5.41) is 3.11. The first kappa shape index (κ1) is 15.8. The van der Waals surface area contributed by atoms with Gasteiger partial charge in [-0.05, 0) is 19.9 Å². The minimum absolute atomic E-state index is 0.0148. The maximum atomic E-state index is 12.5.